The SMILES string of the molecule is CCc1ccc(C(=O)N2CCN(C(=O)c3cc(F)cc4[nH]c(=S)[nH]c34)CC2)cc1. The highest BCUT2D eigenvalue weighted by Crippen LogP contribution is 2.21. The summed E-state index contributed by atoms with van der Waals surface area (Å²) in [6.07, 6.45) is 0.925. The lowest BCUT2D eigenvalue weighted by Gasteiger charge is -2.35. The molecule has 0 saturated carbocycles. The maximum atomic E-state index is 14.0. The van der Waals surface area contributed by atoms with Gasteiger partial charge in [0, 0.05) is 31.7 Å². The van der Waals surface area contributed by atoms with E-state index in [1.54, 1.807) is 9.80 Å². The second kappa shape index (κ2) is 7.79. The van der Waals surface area contributed by atoms with Gasteiger partial charge < -0.3 is 19.8 Å². The number of carbonyl (C=O) groups is 2. The third kappa shape index (κ3) is 3.80. The smallest absolute Gasteiger partial charge is 0.256 e. The number of aryl methyl sites for hydroxylation is 1. The minimum absolute atomic E-state index is 0.0392. The number of imidazole rings is 1. The van der Waals surface area contributed by atoms with E-state index in [1.165, 1.54) is 17.7 Å². The molecule has 150 valence electrons. The number of benzene rings is 2. The Hall–Kier alpha value is -3.00. The third-order valence-corrected chi connectivity index (χ3v) is 5.49. The molecule has 2 heterocycles. The normalized spacial score (nSPS) is 14.4. The molecular formula is C21H21FN4O2S. The highest BCUT2D eigenvalue weighted by Gasteiger charge is 2.27. The van der Waals surface area contributed by atoms with Crippen LogP contribution < -0.4 is 0 Å². The Morgan fingerprint density at radius 2 is 1.62 bits per heavy atom. The van der Waals surface area contributed by atoms with E-state index in [4.69, 9.17) is 12.2 Å². The van der Waals surface area contributed by atoms with E-state index in [9.17, 15) is 14.0 Å². The van der Waals surface area contributed by atoms with Crippen LogP contribution >= 0.6 is 12.2 Å². The van der Waals surface area contributed by atoms with E-state index in [2.05, 4.69) is 16.9 Å². The number of hydrogen-bond donors (Lipinski definition) is 2. The van der Waals surface area contributed by atoms with E-state index >= 15 is 0 Å². The number of H-pyrrole nitrogens is 2. The van der Waals surface area contributed by atoms with Crippen molar-refractivity contribution in [2.24, 2.45) is 0 Å². The van der Waals surface area contributed by atoms with Gasteiger partial charge in [-0.05, 0) is 48.5 Å². The molecule has 1 saturated heterocycles. The lowest BCUT2D eigenvalue weighted by molar-refractivity contribution is 0.0536. The van der Waals surface area contributed by atoms with Crippen LogP contribution in [0.4, 0.5) is 4.39 Å². The number of nitrogens with zero attached hydrogens (tertiary/aromatic N) is 2. The number of aromatic amines is 2. The number of fused-ring (bicyclic) bond motifs is 1. The fraction of sp³-hybridized carbons (Fsp3) is 0.286. The molecule has 8 heteroatoms. The molecule has 1 aliphatic rings. The lowest BCUT2D eigenvalue weighted by atomic mass is 10.1. The van der Waals surface area contributed by atoms with Crippen molar-refractivity contribution >= 4 is 35.1 Å². The molecule has 1 aliphatic heterocycles. The second-order valence-corrected chi connectivity index (χ2v) is 7.50. The van der Waals surface area contributed by atoms with Crippen molar-refractivity contribution in [2.75, 3.05) is 26.2 Å². The van der Waals surface area contributed by atoms with Crippen molar-refractivity contribution in [3.63, 3.8) is 0 Å². The number of rotatable bonds is 3. The zero-order valence-electron chi connectivity index (χ0n) is 16.0. The summed E-state index contributed by atoms with van der Waals surface area (Å²) >= 11 is 5.06. The van der Waals surface area contributed by atoms with Crippen LogP contribution in [-0.4, -0.2) is 57.8 Å². The van der Waals surface area contributed by atoms with Gasteiger partial charge in [0.1, 0.15) is 5.82 Å². The molecule has 0 atom stereocenters. The Bertz CT molecular complexity index is 1130. The van der Waals surface area contributed by atoms with Crippen LogP contribution in [0.1, 0.15) is 33.2 Å². The summed E-state index contributed by atoms with van der Waals surface area (Å²) in [5, 5.41) is 0. The quantitative estimate of drug-likeness (QED) is 0.647. The van der Waals surface area contributed by atoms with Gasteiger partial charge in [0.25, 0.3) is 11.8 Å². The summed E-state index contributed by atoms with van der Waals surface area (Å²) in [5.41, 5.74) is 3.02. The monoisotopic (exact) mass is 412 g/mol. The average molecular weight is 412 g/mol. The van der Waals surface area contributed by atoms with Gasteiger partial charge in [-0.25, -0.2) is 4.39 Å². The number of aromatic nitrogens is 2. The Labute approximate surface area is 172 Å². The van der Waals surface area contributed by atoms with Gasteiger partial charge >= 0.3 is 0 Å². The minimum Gasteiger partial charge on any atom is -0.335 e. The number of piperazine rings is 1. The molecule has 6 nitrogen and oxygen atoms in total. The van der Waals surface area contributed by atoms with Crippen LogP contribution in [0.15, 0.2) is 36.4 Å². The number of carbonyl (C=O) groups excluding carboxylic acids is 2. The first kappa shape index (κ1) is 19.3. The molecule has 0 spiro atoms. The van der Waals surface area contributed by atoms with E-state index in [-0.39, 0.29) is 17.4 Å². The van der Waals surface area contributed by atoms with Crippen molar-refractivity contribution in [1.82, 2.24) is 19.8 Å². The van der Waals surface area contributed by atoms with Crippen molar-refractivity contribution in [3.8, 4) is 0 Å². The Morgan fingerprint density at radius 1 is 1.00 bits per heavy atom. The lowest BCUT2D eigenvalue weighted by Crippen LogP contribution is -2.50. The zero-order valence-corrected chi connectivity index (χ0v) is 16.8. The summed E-state index contributed by atoms with van der Waals surface area (Å²) in [7, 11) is 0. The molecule has 29 heavy (non-hydrogen) atoms. The highest BCUT2D eigenvalue weighted by molar-refractivity contribution is 7.71. The maximum absolute atomic E-state index is 14.0. The standard InChI is InChI=1S/C21H21FN4O2S/c1-2-13-3-5-14(6-4-13)19(27)25-7-9-26(10-8-25)20(28)16-11-15(22)12-17-18(16)24-21(29)23-17/h3-6,11-12H,2,7-10H2,1H3,(H2,23,24,29). The van der Waals surface area contributed by atoms with Crippen LogP contribution in [0.5, 0.6) is 0 Å². The predicted molar refractivity (Wildman–Crippen MR) is 111 cm³/mol. The Kier molecular flexibility index (Phi) is 5.19. The second-order valence-electron chi connectivity index (χ2n) is 7.09. The molecule has 0 unspecified atom stereocenters. The fourth-order valence-corrected chi connectivity index (χ4v) is 3.84. The predicted octanol–water partition coefficient (Wildman–Crippen LogP) is 3.53. The molecule has 3 aromatic rings. The fourth-order valence-electron chi connectivity index (χ4n) is 3.62. The number of halogens is 1. The molecule has 2 amide bonds. The summed E-state index contributed by atoms with van der Waals surface area (Å²) in [5.74, 6) is -0.822. The summed E-state index contributed by atoms with van der Waals surface area (Å²) in [6.45, 7) is 3.71. The van der Waals surface area contributed by atoms with Gasteiger partial charge in [-0.15, -0.1) is 0 Å². The molecule has 0 radical (unpaired) electrons. The highest BCUT2D eigenvalue weighted by atomic mass is 32.1. The van der Waals surface area contributed by atoms with Crippen molar-refractivity contribution in [1.29, 1.82) is 0 Å². The number of amides is 2. The summed E-state index contributed by atoms with van der Waals surface area (Å²) < 4.78 is 14.3. The first-order valence-corrected chi connectivity index (χ1v) is 9.96. The maximum Gasteiger partial charge on any atom is 0.256 e. The molecule has 4 rings (SSSR count). The van der Waals surface area contributed by atoms with Crippen molar-refractivity contribution in [2.45, 2.75) is 13.3 Å². The topological polar surface area (TPSA) is 72.2 Å². The van der Waals surface area contributed by atoms with E-state index in [1.807, 2.05) is 24.3 Å². The summed E-state index contributed by atoms with van der Waals surface area (Å²) in [4.78, 5) is 34.8. The largest absolute Gasteiger partial charge is 0.335 e. The molecule has 0 bridgehead atoms. The third-order valence-electron chi connectivity index (χ3n) is 5.28. The van der Waals surface area contributed by atoms with Gasteiger partial charge in [0.2, 0.25) is 0 Å². The molecule has 1 aromatic heterocycles. The molecule has 1 fully saturated rings. The Balaban J connectivity index is 1.47. The van der Waals surface area contributed by atoms with Crippen LogP contribution in [0, 0.1) is 10.6 Å². The van der Waals surface area contributed by atoms with E-state index in [0.717, 1.165) is 6.42 Å². The first-order chi connectivity index (χ1) is 14.0. The minimum atomic E-state index is -0.504. The van der Waals surface area contributed by atoms with Gasteiger partial charge in [0.15, 0.2) is 4.77 Å². The van der Waals surface area contributed by atoms with Gasteiger partial charge in [-0.1, -0.05) is 19.1 Å². The van der Waals surface area contributed by atoms with Gasteiger partial charge in [-0.3, -0.25) is 9.59 Å². The van der Waals surface area contributed by atoms with Crippen LogP contribution in [-0.2, 0) is 6.42 Å². The van der Waals surface area contributed by atoms with Gasteiger partial charge in [-0.2, -0.15) is 0 Å². The Morgan fingerprint density at radius 3 is 2.24 bits per heavy atom. The van der Waals surface area contributed by atoms with Crippen molar-refractivity contribution in [3.05, 3.63) is 63.7 Å². The zero-order chi connectivity index (χ0) is 20.5. The van der Waals surface area contributed by atoms with E-state index < -0.39 is 5.82 Å². The molecule has 2 aromatic carbocycles. The molecule has 0 aliphatic carbocycles. The summed E-state index contributed by atoms with van der Waals surface area (Å²) in [6, 6.07) is 10.1. The van der Waals surface area contributed by atoms with Crippen LogP contribution in [0.3, 0.4) is 0 Å². The molecule has 2 N–H and O–H groups in total. The van der Waals surface area contributed by atoms with E-state index in [0.29, 0.717) is 47.5 Å². The van der Waals surface area contributed by atoms with Crippen LogP contribution in [0.2, 0.25) is 0 Å². The molecular weight excluding hydrogens is 391 g/mol. The van der Waals surface area contributed by atoms with Crippen molar-refractivity contribution < 1.29 is 14.0 Å². The average Bonchev–Trinajstić information content (AvgIpc) is 3.12. The first-order valence-electron chi connectivity index (χ1n) is 9.55. The number of hydrogen-bond acceptors (Lipinski definition) is 3. The van der Waals surface area contributed by atoms with Gasteiger partial charge in [0.05, 0.1) is 16.6 Å². The van der Waals surface area contributed by atoms with Crippen LogP contribution in [0.25, 0.3) is 11.0 Å². The number of nitrogens with one attached hydrogen (secondary N) is 2.